The van der Waals surface area contributed by atoms with Crippen molar-refractivity contribution in [2.45, 2.75) is 20.5 Å². The molecular formula is C26H20ClI2NO4. The number of rotatable bonds is 7. The lowest BCUT2D eigenvalue weighted by Gasteiger charge is -2.14. The first-order valence-electron chi connectivity index (χ1n) is 10.5. The van der Waals surface area contributed by atoms with Crippen molar-refractivity contribution in [3.05, 3.63) is 94.7 Å². The van der Waals surface area contributed by atoms with Crippen molar-refractivity contribution in [1.29, 1.82) is 0 Å². The Morgan fingerprint density at radius 3 is 2.53 bits per heavy atom. The van der Waals surface area contributed by atoms with E-state index >= 15 is 0 Å². The van der Waals surface area contributed by atoms with E-state index in [0.717, 1.165) is 23.8 Å². The molecule has 0 radical (unpaired) electrons. The van der Waals surface area contributed by atoms with Gasteiger partial charge in [-0.3, -0.25) is 0 Å². The van der Waals surface area contributed by atoms with Gasteiger partial charge in [0, 0.05) is 12.7 Å². The van der Waals surface area contributed by atoms with Crippen molar-refractivity contribution in [1.82, 2.24) is 0 Å². The van der Waals surface area contributed by atoms with Gasteiger partial charge in [0.05, 0.1) is 11.6 Å². The zero-order valence-corrected chi connectivity index (χ0v) is 23.5. The normalized spacial score (nSPS) is 14.2. The van der Waals surface area contributed by atoms with Crippen LogP contribution in [0, 0.1) is 14.1 Å². The second-order valence-electron chi connectivity index (χ2n) is 7.48. The molecule has 0 aromatic heterocycles. The number of carbonyl (C=O) groups excluding carboxylic acids is 1. The summed E-state index contributed by atoms with van der Waals surface area (Å²) in [5.74, 6) is 0.719. The number of esters is 1. The quantitative estimate of drug-likeness (QED) is 0.149. The molecule has 0 aliphatic carbocycles. The van der Waals surface area contributed by atoms with E-state index in [2.05, 4.69) is 50.2 Å². The summed E-state index contributed by atoms with van der Waals surface area (Å²) in [4.78, 5) is 16.9. The minimum atomic E-state index is -0.515. The summed E-state index contributed by atoms with van der Waals surface area (Å²) in [6.07, 6.45) is 1.63. The van der Waals surface area contributed by atoms with Gasteiger partial charge in [0.25, 0.3) is 0 Å². The van der Waals surface area contributed by atoms with Gasteiger partial charge in [-0.05, 0) is 124 Å². The number of ether oxygens (including phenoxy) is 3. The number of aliphatic imine (C=N–C) groups is 1. The Morgan fingerprint density at radius 2 is 1.82 bits per heavy atom. The van der Waals surface area contributed by atoms with Crippen molar-refractivity contribution >= 4 is 74.7 Å². The molecule has 0 saturated carbocycles. The predicted octanol–water partition coefficient (Wildman–Crippen LogP) is 7.18. The summed E-state index contributed by atoms with van der Waals surface area (Å²) in [6.45, 7) is 4.67. The van der Waals surface area contributed by atoms with Crippen molar-refractivity contribution in [3.63, 3.8) is 0 Å². The third kappa shape index (κ3) is 5.92. The van der Waals surface area contributed by atoms with Gasteiger partial charge in [0.15, 0.2) is 17.2 Å². The second-order valence-corrected chi connectivity index (χ2v) is 10.3. The fourth-order valence-electron chi connectivity index (χ4n) is 3.28. The molecule has 0 amide bonds. The monoisotopic (exact) mass is 699 g/mol. The lowest BCUT2D eigenvalue weighted by Crippen LogP contribution is -2.05. The van der Waals surface area contributed by atoms with Gasteiger partial charge in [0.1, 0.15) is 6.61 Å². The summed E-state index contributed by atoms with van der Waals surface area (Å²) >= 11 is 11.1. The molecule has 0 saturated heterocycles. The molecular weight excluding hydrogens is 680 g/mol. The Labute approximate surface area is 230 Å². The van der Waals surface area contributed by atoms with Gasteiger partial charge in [-0.1, -0.05) is 23.7 Å². The van der Waals surface area contributed by atoms with Crippen LogP contribution in [0.4, 0.5) is 0 Å². The van der Waals surface area contributed by atoms with E-state index in [1.165, 1.54) is 0 Å². The van der Waals surface area contributed by atoms with E-state index in [9.17, 15) is 4.79 Å². The van der Waals surface area contributed by atoms with Crippen LogP contribution >= 0.6 is 56.8 Å². The van der Waals surface area contributed by atoms with Crippen molar-refractivity contribution in [2.24, 2.45) is 4.99 Å². The van der Waals surface area contributed by atoms with Crippen molar-refractivity contribution in [3.8, 4) is 11.5 Å². The Hall–Kier alpha value is -2.11. The largest absolute Gasteiger partial charge is 0.490 e. The molecule has 0 N–H and O–H groups in total. The van der Waals surface area contributed by atoms with Crippen LogP contribution in [0.3, 0.4) is 0 Å². The Morgan fingerprint density at radius 1 is 1.06 bits per heavy atom. The standard InChI is InChI=1S/C26H20ClI2NO4/c1-3-32-23-13-17(11-20(27)24(23)33-14-16-4-7-19(28)8-5-16)12-22-26(31)34-25(30-22)18-6-9-21(29)15(2)10-18/h4-13H,3,14H2,1-2H3/b22-12-. The zero-order chi connectivity index (χ0) is 24.2. The Kier molecular flexibility index (Phi) is 8.15. The summed E-state index contributed by atoms with van der Waals surface area (Å²) in [7, 11) is 0. The molecule has 0 fully saturated rings. The average Bonchev–Trinajstić information content (AvgIpc) is 3.16. The third-order valence-corrected chi connectivity index (χ3v) is 7.17. The molecule has 0 atom stereocenters. The number of aryl methyl sites for hydroxylation is 1. The zero-order valence-electron chi connectivity index (χ0n) is 18.4. The number of carbonyl (C=O) groups is 1. The smallest absolute Gasteiger partial charge is 0.363 e. The number of hydrogen-bond acceptors (Lipinski definition) is 5. The van der Waals surface area contributed by atoms with Gasteiger partial charge < -0.3 is 14.2 Å². The molecule has 34 heavy (non-hydrogen) atoms. The van der Waals surface area contributed by atoms with Crippen molar-refractivity contribution < 1.29 is 19.0 Å². The summed E-state index contributed by atoms with van der Waals surface area (Å²) in [6, 6.07) is 17.3. The van der Waals surface area contributed by atoms with E-state index in [4.69, 9.17) is 25.8 Å². The molecule has 4 rings (SSSR count). The van der Waals surface area contributed by atoms with Crippen LogP contribution in [-0.2, 0) is 16.1 Å². The van der Waals surface area contributed by atoms with Gasteiger partial charge in [-0.25, -0.2) is 9.79 Å². The molecule has 1 heterocycles. The van der Waals surface area contributed by atoms with Crippen LogP contribution < -0.4 is 9.47 Å². The second kappa shape index (κ2) is 11.1. The summed E-state index contributed by atoms with van der Waals surface area (Å²) in [5.41, 5.74) is 3.71. The Bertz CT molecular complexity index is 1300. The van der Waals surface area contributed by atoms with E-state index in [1.807, 2.05) is 56.3 Å². The number of cyclic esters (lactones) is 1. The van der Waals surface area contributed by atoms with Gasteiger partial charge in [-0.15, -0.1) is 0 Å². The van der Waals surface area contributed by atoms with Gasteiger partial charge >= 0.3 is 5.97 Å². The first-order chi connectivity index (χ1) is 16.3. The first kappa shape index (κ1) is 25.0. The van der Waals surface area contributed by atoms with Crippen LogP contribution in [0.2, 0.25) is 5.02 Å². The molecule has 174 valence electrons. The highest BCUT2D eigenvalue weighted by Gasteiger charge is 2.25. The van der Waals surface area contributed by atoms with E-state index < -0.39 is 5.97 Å². The molecule has 8 heteroatoms. The third-order valence-electron chi connectivity index (χ3n) is 4.96. The lowest BCUT2D eigenvalue weighted by molar-refractivity contribution is -0.129. The highest BCUT2D eigenvalue weighted by molar-refractivity contribution is 14.1. The molecule has 3 aromatic rings. The van der Waals surface area contributed by atoms with Gasteiger partial charge in [0.2, 0.25) is 5.90 Å². The van der Waals surface area contributed by atoms with Gasteiger partial charge in [-0.2, -0.15) is 0 Å². The van der Waals surface area contributed by atoms with Crippen LogP contribution in [0.15, 0.2) is 65.3 Å². The summed E-state index contributed by atoms with van der Waals surface area (Å²) in [5, 5.41) is 0.382. The molecule has 0 unspecified atom stereocenters. The number of hydrogen-bond donors (Lipinski definition) is 0. The minimum absolute atomic E-state index is 0.192. The maximum absolute atomic E-state index is 12.5. The topological polar surface area (TPSA) is 57.1 Å². The highest BCUT2D eigenvalue weighted by atomic mass is 127. The highest BCUT2D eigenvalue weighted by Crippen LogP contribution is 2.38. The fraction of sp³-hybridized carbons (Fsp3) is 0.154. The average molecular weight is 700 g/mol. The van der Waals surface area contributed by atoms with Crippen LogP contribution in [-0.4, -0.2) is 18.5 Å². The van der Waals surface area contributed by atoms with E-state index in [0.29, 0.717) is 35.3 Å². The van der Waals surface area contributed by atoms with E-state index in [1.54, 1.807) is 18.2 Å². The predicted molar refractivity (Wildman–Crippen MR) is 151 cm³/mol. The molecule has 1 aliphatic heterocycles. The maximum atomic E-state index is 12.5. The minimum Gasteiger partial charge on any atom is -0.490 e. The number of benzene rings is 3. The molecule has 0 spiro atoms. The lowest BCUT2D eigenvalue weighted by atomic mass is 10.1. The summed E-state index contributed by atoms with van der Waals surface area (Å²) < 4.78 is 19.5. The number of nitrogens with zero attached hydrogens (tertiary/aromatic N) is 1. The molecule has 3 aromatic carbocycles. The molecule has 1 aliphatic rings. The maximum Gasteiger partial charge on any atom is 0.363 e. The molecule has 0 bridgehead atoms. The SMILES string of the molecule is CCOc1cc(/C=C2\N=C(c3ccc(I)c(C)c3)OC2=O)cc(Cl)c1OCc1ccc(I)cc1. The fourth-order valence-corrected chi connectivity index (χ4v) is 4.25. The van der Waals surface area contributed by atoms with Crippen LogP contribution in [0.5, 0.6) is 11.5 Å². The number of halogens is 3. The van der Waals surface area contributed by atoms with Crippen LogP contribution in [0.25, 0.3) is 6.08 Å². The van der Waals surface area contributed by atoms with Crippen LogP contribution in [0.1, 0.15) is 29.2 Å². The first-order valence-corrected chi connectivity index (χ1v) is 13.0. The Balaban J connectivity index is 1.61. The van der Waals surface area contributed by atoms with E-state index in [-0.39, 0.29) is 11.6 Å². The molecule has 5 nitrogen and oxygen atoms in total. The van der Waals surface area contributed by atoms with Crippen molar-refractivity contribution in [2.75, 3.05) is 6.61 Å².